The van der Waals surface area contributed by atoms with Gasteiger partial charge in [0.15, 0.2) is 0 Å². The van der Waals surface area contributed by atoms with Crippen LogP contribution in [0.25, 0.3) is 88.1 Å². The van der Waals surface area contributed by atoms with E-state index in [4.69, 9.17) is 4.42 Å². The normalized spacial score (nSPS) is 11.8. The number of anilines is 3. The Morgan fingerprint density at radius 3 is 1.71 bits per heavy atom. The Kier molecular flexibility index (Phi) is 7.38. The van der Waals surface area contributed by atoms with Gasteiger partial charge in [0.25, 0.3) is 0 Å². The van der Waals surface area contributed by atoms with Gasteiger partial charge < -0.3 is 18.5 Å². The summed E-state index contributed by atoms with van der Waals surface area (Å²) in [4.78, 5) is 2.32. The van der Waals surface area contributed by atoms with E-state index in [-0.39, 0.29) is 5.82 Å². The van der Waals surface area contributed by atoms with Gasteiger partial charge in [-0.05, 0) is 96.6 Å². The third-order valence-electron chi connectivity index (χ3n) is 11.8. The van der Waals surface area contributed by atoms with Crippen molar-refractivity contribution in [3.05, 3.63) is 212 Å². The van der Waals surface area contributed by atoms with Gasteiger partial charge in [0.2, 0.25) is 0 Å². The Morgan fingerprint density at radius 2 is 0.932 bits per heavy atom. The minimum Gasteiger partial charge on any atom is -0.455 e. The first kappa shape index (κ1) is 33.3. The number of rotatable bonds is 6. The Morgan fingerprint density at radius 1 is 0.373 bits per heavy atom. The zero-order valence-electron chi connectivity index (χ0n) is 31.8. The fraction of sp³-hybridized carbons (Fsp3) is 0. The lowest BCUT2D eigenvalue weighted by Crippen LogP contribution is -2.11. The highest BCUT2D eigenvalue weighted by atomic mass is 19.1. The number of hydrogen-bond donors (Lipinski definition) is 0. The van der Waals surface area contributed by atoms with Crippen LogP contribution in [0, 0.1) is 5.82 Å². The van der Waals surface area contributed by atoms with Crippen LogP contribution in [0.4, 0.5) is 21.5 Å². The topological polar surface area (TPSA) is 26.2 Å². The third-order valence-corrected chi connectivity index (χ3v) is 11.8. The smallest absolute Gasteiger partial charge is 0.143 e. The fourth-order valence-electron chi connectivity index (χ4n) is 9.16. The molecule has 0 radical (unpaired) electrons. The lowest BCUT2D eigenvalue weighted by molar-refractivity contribution is 0.629. The van der Waals surface area contributed by atoms with E-state index in [1.807, 2.05) is 30.3 Å². The van der Waals surface area contributed by atoms with Crippen LogP contribution in [0.1, 0.15) is 0 Å². The zero-order valence-corrected chi connectivity index (χ0v) is 31.8. The second kappa shape index (κ2) is 13.1. The molecule has 3 heterocycles. The molecule has 0 aliphatic heterocycles. The first-order chi connectivity index (χ1) is 29.2. The number of fused-ring (bicyclic) bond motifs is 9. The predicted octanol–water partition coefficient (Wildman–Crippen LogP) is 15.1. The van der Waals surface area contributed by atoms with Gasteiger partial charge in [0.05, 0.1) is 22.1 Å². The summed E-state index contributed by atoms with van der Waals surface area (Å²) >= 11 is 0. The lowest BCUT2D eigenvalue weighted by Gasteiger charge is -2.27. The molecule has 0 fully saturated rings. The van der Waals surface area contributed by atoms with Crippen LogP contribution in [0.5, 0.6) is 0 Å². The molecular formula is C54H34FN3O. The molecule has 9 aromatic carbocycles. The van der Waals surface area contributed by atoms with Crippen molar-refractivity contribution >= 4 is 82.6 Å². The highest BCUT2D eigenvalue weighted by Gasteiger charge is 2.20. The van der Waals surface area contributed by atoms with E-state index in [0.717, 1.165) is 94.3 Å². The average molecular weight is 760 g/mol. The summed E-state index contributed by atoms with van der Waals surface area (Å²) in [6, 6.07) is 71.2. The van der Waals surface area contributed by atoms with Crippen molar-refractivity contribution < 1.29 is 8.81 Å². The Labute approximate surface area is 338 Å². The molecule has 0 saturated carbocycles. The van der Waals surface area contributed by atoms with Crippen LogP contribution in [-0.4, -0.2) is 9.13 Å². The standard InChI is InChI=1S/C54H34FN3O/c55-36-26-30-45-43-16-5-8-22-50(43)58(51(45)32-36)40-15-10-14-39(33-40)56(38-27-24-35(25-28-38)42-19-11-20-48-47-18-6-9-23-53(47)59-54(42)48)41-29-31-46-44-17-4-7-21-49(44)57(52(46)34-41)37-12-2-1-3-13-37/h1-34H. The zero-order chi connectivity index (χ0) is 39.0. The van der Waals surface area contributed by atoms with Crippen LogP contribution in [0.3, 0.4) is 0 Å². The molecule has 0 spiro atoms. The van der Waals surface area contributed by atoms with Crippen LogP contribution < -0.4 is 4.90 Å². The minimum atomic E-state index is -0.264. The number of para-hydroxylation sites is 5. The molecule has 0 saturated heterocycles. The number of nitrogens with zero attached hydrogens (tertiary/aromatic N) is 3. The molecule has 0 atom stereocenters. The van der Waals surface area contributed by atoms with E-state index in [1.165, 1.54) is 10.8 Å². The molecule has 278 valence electrons. The summed E-state index contributed by atoms with van der Waals surface area (Å²) in [6.45, 7) is 0. The van der Waals surface area contributed by atoms with Gasteiger partial charge in [-0.2, -0.15) is 0 Å². The van der Waals surface area contributed by atoms with E-state index < -0.39 is 0 Å². The number of hydrogen-bond acceptors (Lipinski definition) is 2. The van der Waals surface area contributed by atoms with E-state index in [1.54, 1.807) is 12.1 Å². The molecule has 3 aromatic heterocycles. The highest BCUT2D eigenvalue weighted by Crippen LogP contribution is 2.43. The lowest BCUT2D eigenvalue weighted by atomic mass is 10.0. The largest absolute Gasteiger partial charge is 0.455 e. The van der Waals surface area contributed by atoms with Crippen LogP contribution in [0.2, 0.25) is 0 Å². The van der Waals surface area contributed by atoms with E-state index in [0.29, 0.717) is 0 Å². The molecule has 0 unspecified atom stereocenters. The van der Waals surface area contributed by atoms with Gasteiger partial charge >= 0.3 is 0 Å². The Bertz CT molecular complexity index is 3580. The van der Waals surface area contributed by atoms with Crippen molar-refractivity contribution in [1.29, 1.82) is 0 Å². The number of benzene rings is 9. The third kappa shape index (κ3) is 5.22. The van der Waals surface area contributed by atoms with Crippen molar-refractivity contribution in [2.45, 2.75) is 0 Å². The first-order valence-electron chi connectivity index (χ1n) is 19.9. The van der Waals surface area contributed by atoms with Crippen LogP contribution >= 0.6 is 0 Å². The summed E-state index contributed by atoms with van der Waals surface area (Å²) < 4.78 is 25.9. The summed E-state index contributed by atoms with van der Waals surface area (Å²) in [5, 5.41) is 6.70. The molecule has 0 bridgehead atoms. The summed E-state index contributed by atoms with van der Waals surface area (Å²) in [6.07, 6.45) is 0. The van der Waals surface area contributed by atoms with Gasteiger partial charge in [0, 0.05) is 66.3 Å². The van der Waals surface area contributed by atoms with Gasteiger partial charge in [-0.25, -0.2) is 4.39 Å². The maximum atomic E-state index is 14.9. The molecule has 12 aromatic rings. The Balaban J connectivity index is 1.07. The summed E-state index contributed by atoms with van der Waals surface area (Å²) in [5.74, 6) is -0.264. The van der Waals surface area contributed by atoms with Crippen molar-refractivity contribution in [3.8, 4) is 22.5 Å². The maximum Gasteiger partial charge on any atom is 0.143 e. The van der Waals surface area contributed by atoms with Crippen molar-refractivity contribution in [1.82, 2.24) is 9.13 Å². The van der Waals surface area contributed by atoms with Crippen molar-refractivity contribution in [3.63, 3.8) is 0 Å². The summed E-state index contributed by atoms with van der Waals surface area (Å²) in [7, 11) is 0. The minimum absolute atomic E-state index is 0.264. The molecular weight excluding hydrogens is 726 g/mol. The molecule has 0 aliphatic carbocycles. The molecule has 4 nitrogen and oxygen atoms in total. The van der Waals surface area contributed by atoms with Crippen molar-refractivity contribution in [2.75, 3.05) is 4.90 Å². The van der Waals surface area contributed by atoms with Crippen LogP contribution in [0.15, 0.2) is 211 Å². The maximum absolute atomic E-state index is 14.9. The van der Waals surface area contributed by atoms with Crippen LogP contribution in [-0.2, 0) is 0 Å². The molecule has 0 N–H and O–H groups in total. The average Bonchev–Trinajstić information content (AvgIpc) is 3.94. The van der Waals surface area contributed by atoms with Gasteiger partial charge in [-0.1, -0.05) is 115 Å². The highest BCUT2D eigenvalue weighted by molar-refractivity contribution is 6.12. The van der Waals surface area contributed by atoms with Crippen molar-refractivity contribution in [2.24, 2.45) is 0 Å². The van der Waals surface area contributed by atoms with Gasteiger partial charge in [0.1, 0.15) is 17.0 Å². The fourth-order valence-corrected chi connectivity index (χ4v) is 9.16. The van der Waals surface area contributed by atoms with E-state index in [2.05, 4.69) is 178 Å². The van der Waals surface area contributed by atoms with Gasteiger partial charge in [-0.3, -0.25) is 0 Å². The van der Waals surface area contributed by atoms with Gasteiger partial charge in [-0.15, -0.1) is 0 Å². The second-order valence-corrected chi connectivity index (χ2v) is 15.1. The predicted molar refractivity (Wildman–Crippen MR) is 242 cm³/mol. The number of furan rings is 1. The molecule has 0 amide bonds. The molecule has 59 heavy (non-hydrogen) atoms. The quantitative estimate of drug-likeness (QED) is 0.169. The molecule has 0 aliphatic rings. The number of aromatic nitrogens is 2. The number of halogens is 1. The van der Waals surface area contributed by atoms with E-state index >= 15 is 0 Å². The Hall–Kier alpha value is -7.89. The second-order valence-electron chi connectivity index (χ2n) is 15.1. The monoisotopic (exact) mass is 759 g/mol. The SMILES string of the molecule is Fc1ccc2c3ccccc3n(-c3cccc(N(c4ccc(-c5cccc6c5oc5ccccc56)cc4)c4ccc5c6ccccc6n(-c6ccccc6)c5c4)c3)c2c1. The molecule has 5 heteroatoms. The van der Waals surface area contributed by atoms with E-state index in [9.17, 15) is 4.39 Å². The first-order valence-corrected chi connectivity index (χ1v) is 19.9. The molecule has 12 rings (SSSR count). The summed E-state index contributed by atoms with van der Waals surface area (Å²) in [5.41, 5.74) is 13.0.